The maximum absolute atomic E-state index is 12.3. The fraction of sp³-hybridized carbons (Fsp3) is 0.471. The summed E-state index contributed by atoms with van der Waals surface area (Å²) < 4.78 is 7.25. The van der Waals surface area contributed by atoms with Crippen molar-refractivity contribution >= 4 is 5.91 Å². The lowest BCUT2D eigenvalue weighted by Crippen LogP contribution is -2.25. The van der Waals surface area contributed by atoms with Gasteiger partial charge in [-0.3, -0.25) is 4.79 Å². The monoisotopic (exact) mass is 314 g/mol. The predicted molar refractivity (Wildman–Crippen MR) is 85.9 cm³/mol. The summed E-state index contributed by atoms with van der Waals surface area (Å²) in [5.41, 5.74) is 1.62. The molecular formula is C17H22N4O2. The number of fused-ring (bicyclic) bond motifs is 1. The van der Waals surface area contributed by atoms with Crippen molar-refractivity contribution in [3.63, 3.8) is 0 Å². The van der Waals surface area contributed by atoms with Gasteiger partial charge < -0.3 is 14.6 Å². The van der Waals surface area contributed by atoms with Crippen LogP contribution < -0.4 is 5.32 Å². The number of nitrogens with zero attached hydrogens (tertiary/aromatic N) is 3. The van der Waals surface area contributed by atoms with Gasteiger partial charge in [0.15, 0.2) is 5.82 Å². The Labute approximate surface area is 135 Å². The Morgan fingerprint density at radius 1 is 1.30 bits per heavy atom. The van der Waals surface area contributed by atoms with Gasteiger partial charge in [-0.15, -0.1) is 10.2 Å². The quantitative estimate of drug-likeness (QED) is 0.917. The summed E-state index contributed by atoms with van der Waals surface area (Å²) in [6.07, 6.45) is 4.50. The van der Waals surface area contributed by atoms with Gasteiger partial charge in [0.25, 0.3) is 5.91 Å². The van der Waals surface area contributed by atoms with Gasteiger partial charge in [-0.25, -0.2) is 0 Å². The lowest BCUT2D eigenvalue weighted by atomic mass is 10.1. The van der Waals surface area contributed by atoms with Crippen LogP contribution in [0.1, 0.15) is 46.8 Å². The highest BCUT2D eigenvalue weighted by Gasteiger charge is 2.15. The highest BCUT2D eigenvalue weighted by atomic mass is 16.5. The van der Waals surface area contributed by atoms with Gasteiger partial charge >= 0.3 is 0 Å². The molecule has 1 aromatic carbocycles. The number of hydrogen-bond acceptors (Lipinski definition) is 4. The van der Waals surface area contributed by atoms with Gasteiger partial charge in [0.1, 0.15) is 5.82 Å². The van der Waals surface area contributed by atoms with Crippen molar-refractivity contribution in [2.24, 2.45) is 0 Å². The van der Waals surface area contributed by atoms with Crippen LogP contribution in [0, 0.1) is 0 Å². The lowest BCUT2D eigenvalue weighted by Gasteiger charge is -2.09. The first-order chi connectivity index (χ1) is 11.3. The number of methoxy groups -OCH3 is 1. The number of benzene rings is 1. The van der Waals surface area contributed by atoms with E-state index in [0.29, 0.717) is 18.7 Å². The van der Waals surface area contributed by atoms with E-state index in [2.05, 4.69) is 20.1 Å². The predicted octanol–water partition coefficient (Wildman–Crippen LogP) is 2.08. The van der Waals surface area contributed by atoms with Gasteiger partial charge in [-0.1, -0.05) is 18.6 Å². The zero-order chi connectivity index (χ0) is 16.1. The standard InChI is InChI=1S/C17H22N4O2/c1-23-12-13-6-5-7-14(10-13)17(22)18-11-16-20-19-15-8-3-2-4-9-21(15)16/h5-7,10H,2-4,8-9,11-12H2,1H3,(H,18,22). The van der Waals surface area contributed by atoms with E-state index in [0.717, 1.165) is 43.0 Å². The van der Waals surface area contributed by atoms with E-state index < -0.39 is 0 Å². The lowest BCUT2D eigenvalue weighted by molar-refractivity contribution is 0.0949. The number of nitrogens with one attached hydrogen (secondary N) is 1. The topological polar surface area (TPSA) is 69.0 Å². The maximum Gasteiger partial charge on any atom is 0.251 e. The van der Waals surface area contributed by atoms with Crippen LogP contribution in [0.5, 0.6) is 0 Å². The number of carbonyl (C=O) groups is 1. The molecule has 1 aliphatic rings. The van der Waals surface area contributed by atoms with Gasteiger partial charge in [-0.05, 0) is 30.5 Å². The van der Waals surface area contributed by atoms with Gasteiger partial charge in [0.2, 0.25) is 0 Å². The van der Waals surface area contributed by atoms with Crippen LogP contribution in [0.3, 0.4) is 0 Å². The molecule has 0 spiro atoms. The van der Waals surface area contributed by atoms with Gasteiger partial charge in [-0.2, -0.15) is 0 Å². The largest absolute Gasteiger partial charge is 0.380 e. The highest BCUT2D eigenvalue weighted by Crippen LogP contribution is 2.14. The average Bonchev–Trinajstić information content (AvgIpc) is 2.79. The van der Waals surface area contributed by atoms with Crippen LogP contribution in [0.25, 0.3) is 0 Å². The summed E-state index contributed by atoms with van der Waals surface area (Å²) in [5, 5.41) is 11.4. The molecule has 1 aromatic heterocycles. The minimum atomic E-state index is -0.103. The van der Waals surface area contributed by atoms with E-state index in [4.69, 9.17) is 4.74 Å². The number of hydrogen-bond donors (Lipinski definition) is 1. The van der Waals surface area contributed by atoms with E-state index in [-0.39, 0.29) is 5.91 Å². The molecule has 2 heterocycles. The second-order valence-corrected chi connectivity index (χ2v) is 5.81. The summed E-state index contributed by atoms with van der Waals surface area (Å²) in [4.78, 5) is 12.3. The molecule has 0 radical (unpaired) electrons. The Morgan fingerprint density at radius 3 is 3.09 bits per heavy atom. The third kappa shape index (κ3) is 3.76. The summed E-state index contributed by atoms with van der Waals surface area (Å²) in [7, 11) is 1.64. The van der Waals surface area contributed by atoms with E-state index in [9.17, 15) is 4.79 Å². The van der Waals surface area contributed by atoms with E-state index in [1.54, 1.807) is 13.2 Å². The molecule has 0 unspecified atom stereocenters. The van der Waals surface area contributed by atoms with Crippen LogP contribution in [-0.2, 0) is 30.9 Å². The zero-order valence-electron chi connectivity index (χ0n) is 13.4. The Morgan fingerprint density at radius 2 is 2.22 bits per heavy atom. The number of rotatable bonds is 5. The molecule has 0 saturated carbocycles. The molecule has 0 bridgehead atoms. The first-order valence-electron chi connectivity index (χ1n) is 8.05. The van der Waals surface area contributed by atoms with Crippen molar-refractivity contribution in [1.82, 2.24) is 20.1 Å². The number of aromatic nitrogens is 3. The molecule has 1 amide bonds. The average molecular weight is 314 g/mol. The second-order valence-electron chi connectivity index (χ2n) is 5.81. The molecule has 6 nitrogen and oxygen atoms in total. The normalized spacial score (nSPS) is 14.1. The summed E-state index contributed by atoms with van der Waals surface area (Å²) in [5.74, 6) is 1.77. The SMILES string of the molecule is COCc1cccc(C(=O)NCc2nnc3n2CCCCC3)c1. The molecule has 2 aromatic rings. The fourth-order valence-electron chi connectivity index (χ4n) is 2.91. The fourth-order valence-corrected chi connectivity index (χ4v) is 2.91. The van der Waals surface area contributed by atoms with Crippen LogP contribution in [0.2, 0.25) is 0 Å². The van der Waals surface area contributed by atoms with Crippen LogP contribution in [-0.4, -0.2) is 27.8 Å². The van der Waals surface area contributed by atoms with Crippen molar-refractivity contribution in [3.05, 3.63) is 47.0 Å². The van der Waals surface area contributed by atoms with Crippen molar-refractivity contribution in [2.45, 2.75) is 45.4 Å². The summed E-state index contributed by atoms with van der Waals surface area (Å²) >= 11 is 0. The second kappa shape index (κ2) is 7.37. The molecule has 0 atom stereocenters. The molecule has 3 rings (SSSR count). The molecule has 23 heavy (non-hydrogen) atoms. The molecular weight excluding hydrogens is 292 g/mol. The molecule has 0 fully saturated rings. The molecule has 0 aliphatic carbocycles. The van der Waals surface area contributed by atoms with E-state index in [1.807, 2.05) is 18.2 Å². The van der Waals surface area contributed by atoms with E-state index in [1.165, 1.54) is 6.42 Å². The van der Waals surface area contributed by atoms with Gasteiger partial charge in [0.05, 0.1) is 13.2 Å². The smallest absolute Gasteiger partial charge is 0.251 e. The number of carbonyl (C=O) groups excluding carboxylic acids is 1. The third-order valence-electron chi connectivity index (χ3n) is 4.09. The van der Waals surface area contributed by atoms with Gasteiger partial charge in [0, 0.05) is 25.6 Å². The molecule has 1 N–H and O–H groups in total. The number of ether oxygens (including phenoxy) is 1. The van der Waals surface area contributed by atoms with Crippen molar-refractivity contribution < 1.29 is 9.53 Å². The first kappa shape index (κ1) is 15.7. The minimum absolute atomic E-state index is 0.103. The van der Waals surface area contributed by atoms with E-state index >= 15 is 0 Å². The van der Waals surface area contributed by atoms with Crippen LogP contribution >= 0.6 is 0 Å². The summed E-state index contributed by atoms with van der Waals surface area (Å²) in [6.45, 7) is 1.84. The molecule has 122 valence electrons. The van der Waals surface area contributed by atoms with Crippen LogP contribution in [0.4, 0.5) is 0 Å². The first-order valence-corrected chi connectivity index (χ1v) is 8.05. The Bertz CT molecular complexity index is 681. The Kier molecular flexibility index (Phi) is 5.02. The van der Waals surface area contributed by atoms with Crippen molar-refractivity contribution in [1.29, 1.82) is 0 Å². The molecule has 0 saturated heterocycles. The maximum atomic E-state index is 12.3. The van der Waals surface area contributed by atoms with Crippen LogP contribution in [0.15, 0.2) is 24.3 Å². The number of aryl methyl sites for hydroxylation is 1. The number of amides is 1. The Balaban J connectivity index is 1.65. The van der Waals surface area contributed by atoms with Crippen molar-refractivity contribution in [2.75, 3.05) is 7.11 Å². The molecule has 6 heteroatoms. The third-order valence-corrected chi connectivity index (χ3v) is 4.09. The highest BCUT2D eigenvalue weighted by molar-refractivity contribution is 5.94. The zero-order valence-corrected chi connectivity index (χ0v) is 13.4. The summed E-state index contributed by atoms with van der Waals surface area (Å²) in [6, 6.07) is 7.47. The van der Waals surface area contributed by atoms with Crippen molar-refractivity contribution in [3.8, 4) is 0 Å². The Hall–Kier alpha value is -2.21. The molecule has 1 aliphatic heterocycles. The minimum Gasteiger partial charge on any atom is -0.380 e.